The van der Waals surface area contributed by atoms with Crippen LogP contribution in [0.2, 0.25) is 0 Å². The lowest BCUT2D eigenvalue weighted by atomic mass is 9.93. The zero-order valence-corrected chi connectivity index (χ0v) is 25.9. The van der Waals surface area contributed by atoms with Crippen molar-refractivity contribution in [2.45, 2.75) is 110 Å². The van der Waals surface area contributed by atoms with Gasteiger partial charge in [-0.3, -0.25) is 13.6 Å². The highest BCUT2D eigenvalue weighted by Crippen LogP contribution is 2.56. The Balaban J connectivity index is 2.19. The van der Waals surface area contributed by atoms with E-state index in [0.717, 1.165) is 18.9 Å². The third kappa shape index (κ3) is 11.9. The van der Waals surface area contributed by atoms with Crippen molar-refractivity contribution in [1.82, 2.24) is 0 Å². The van der Waals surface area contributed by atoms with Crippen molar-refractivity contribution in [1.29, 1.82) is 0 Å². The van der Waals surface area contributed by atoms with Gasteiger partial charge in [-0.1, -0.05) is 25.1 Å². The quantitative estimate of drug-likeness (QED) is 0.122. The molecule has 0 N–H and O–H groups in total. The van der Waals surface area contributed by atoms with Crippen LogP contribution in [-0.2, 0) is 35.5 Å². The molecule has 0 radical (unpaired) electrons. The lowest BCUT2D eigenvalue weighted by molar-refractivity contribution is -0.139. The van der Waals surface area contributed by atoms with Gasteiger partial charge < -0.3 is 9.47 Å². The molecule has 7 nitrogen and oxygen atoms in total. The van der Waals surface area contributed by atoms with Crippen LogP contribution in [0.1, 0.15) is 92.2 Å². The molecular formula is C29H45F3NO6P. The Morgan fingerprint density at radius 2 is 1.73 bits per heavy atom. The summed E-state index contributed by atoms with van der Waals surface area (Å²) in [7, 11) is -4.02. The van der Waals surface area contributed by atoms with Gasteiger partial charge in [0.15, 0.2) is 5.90 Å². The average Bonchev–Trinajstić information content (AvgIpc) is 3.17. The Bertz CT molecular complexity index is 1050. The molecule has 1 aromatic rings. The number of aliphatic imine (C=N–C) groups is 1. The predicted molar refractivity (Wildman–Crippen MR) is 151 cm³/mol. The van der Waals surface area contributed by atoms with Gasteiger partial charge in [0.25, 0.3) is 0 Å². The summed E-state index contributed by atoms with van der Waals surface area (Å²) in [6.07, 6.45) is 2.26. The predicted octanol–water partition coefficient (Wildman–Crippen LogP) is 8.71. The molecule has 0 spiro atoms. The van der Waals surface area contributed by atoms with Crippen molar-refractivity contribution in [3.8, 4) is 5.75 Å². The lowest BCUT2D eigenvalue weighted by Crippen LogP contribution is -2.36. The standard InChI is InChI=1S/C29H45F3NO6P/c1-9-10-11-12-13-18-35-25-15-14-23(19-24(25)29(30,31)32)16-17-28(20-36-22(2)33-28)21-37-40(34,38-26(3,4)5)39-27(6,7)8/h10-11,14-15,19H,9,12-13,16-18,20-21H2,1-8H3/b11-10-. The Morgan fingerprint density at radius 1 is 1.07 bits per heavy atom. The summed E-state index contributed by atoms with van der Waals surface area (Å²) >= 11 is 0. The molecule has 0 fully saturated rings. The first-order valence-corrected chi connectivity index (χ1v) is 15.1. The number of aryl methyl sites for hydroxylation is 1. The maximum absolute atomic E-state index is 13.9. The van der Waals surface area contributed by atoms with Gasteiger partial charge in [0, 0.05) is 6.92 Å². The fraction of sp³-hybridized carbons (Fsp3) is 0.690. The van der Waals surface area contributed by atoms with E-state index in [0.29, 0.717) is 17.9 Å². The van der Waals surface area contributed by atoms with E-state index in [1.54, 1.807) is 54.5 Å². The summed E-state index contributed by atoms with van der Waals surface area (Å²) < 4.78 is 83.5. The normalized spacial score (nSPS) is 18.7. The zero-order valence-electron chi connectivity index (χ0n) is 25.0. The number of hydrogen-bond acceptors (Lipinski definition) is 7. The van der Waals surface area contributed by atoms with Crippen LogP contribution in [0.15, 0.2) is 35.3 Å². The summed E-state index contributed by atoms with van der Waals surface area (Å²) in [4.78, 5) is 4.58. The Morgan fingerprint density at radius 3 is 2.25 bits per heavy atom. The number of allylic oxidation sites excluding steroid dienone is 2. The Hall–Kier alpha value is -1.87. The van der Waals surface area contributed by atoms with E-state index >= 15 is 0 Å². The van der Waals surface area contributed by atoms with E-state index in [-0.39, 0.29) is 38.4 Å². The summed E-state index contributed by atoms with van der Waals surface area (Å²) in [5, 5.41) is 0. The molecule has 0 aromatic heterocycles. The van der Waals surface area contributed by atoms with Gasteiger partial charge >= 0.3 is 14.0 Å². The number of ether oxygens (including phenoxy) is 2. The Labute approximate surface area is 237 Å². The van der Waals surface area contributed by atoms with Gasteiger partial charge in [-0.25, -0.2) is 9.56 Å². The van der Waals surface area contributed by atoms with E-state index in [4.69, 9.17) is 23.0 Å². The molecule has 0 saturated carbocycles. The lowest BCUT2D eigenvalue weighted by Gasteiger charge is -2.33. The minimum Gasteiger partial charge on any atom is -0.493 e. The summed E-state index contributed by atoms with van der Waals surface area (Å²) in [6.45, 7) is 14.3. The van der Waals surface area contributed by atoms with Crippen LogP contribution < -0.4 is 4.74 Å². The van der Waals surface area contributed by atoms with Gasteiger partial charge in [0.1, 0.15) is 17.9 Å². The van der Waals surface area contributed by atoms with Crippen molar-refractivity contribution in [3.63, 3.8) is 0 Å². The van der Waals surface area contributed by atoms with Crippen LogP contribution in [0.3, 0.4) is 0 Å². The van der Waals surface area contributed by atoms with Crippen molar-refractivity contribution in [3.05, 3.63) is 41.5 Å². The van der Waals surface area contributed by atoms with Crippen molar-refractivity contribution < 1.29 is 40.8 Å². The number of phosphoric ester groups is 1. The van der Waals surface area contributed by atoms with Gasteiger partial charge in [0.2, 0.25) is 0 Å². The second kappa shape index (κ2) is 13.9. The molecule has 0 bridgehead atoms. The highest BCUT2D eigenvalue weighted by molar-refractivity contribution is 7.48. The number of hydrogen-bond donors (Lipinski definition) is 0. The maximum atomic E-state index is 13.9. The minimum atomic E-state index is -4.57. The van der Waals surface area contributed by atoms with E-state index in [2.05, 4.69) is 4.99 Å². The maximum Gasteiger partial charge on any atom is 0.475 e. The molecule has 0 aliphatic carbocycles. The molecule has 11 heteroatoms. The second-order valence-electron chi connectivity index (χ2n) is 12.0. The molecule has 1 unspecified atom stereocenters. The van der Waals surface area contributed by atoms with Crippen LogP contribution in [-0.4, -0.2) is 42.5 Å². The first kappa shape index (κ1) is 34.3. The van der Waals surface area contributed by atoms with Crippen LogP contribution >= 0.6 is 7.82 Å². The second-order valence-corrected chi connectivity index (χ2v) is 13.5. The van der Waals surface area contributed by atoms with Crippen molar-refractivity contribution in [2.75, 3.05) is 19.8 Å². The molecule has 1 atom stereocenters. The highest BCUT2D eigenvalue weighted by atomic mass is 31.2. The molecular weight excluding hydrogens is 546 g/mol. The summed E-state index contributed by atoms with van der Waals surface area (Å²) in [5.74, 6) is 0.229. The van der Waals surface area contributed by atoms with Gasteiger partial charge in [-0.05, 0) is 91.3 Å². The molecule has 40 heavy (non-hydrogen) atoms. The van der Waals surface area contributed by atoms with E-state index < -0.39 is 36.3 Å². The van der Waals surface area contributed by atoms with Crippen LogP contribution in [0, 0.1) is 0 Å². The number of phosphoric acid groups is 1. The van der Waals surface area contributed by atoms with Crippen molar-refractivity contribution in [2.24, 2.45) is 4.99 Å². The van der Waals surface area contributed by atoms with Crippen LogP contribution in [0.4, 0.5) is 13.2 Å². The highest BCUT2D eigenvalue weighted by Gasteiger charge is 2.43. The molecule has 1 heterocycles. The SMILES string of the molecule is CC/C=C\CCCOc1ccc(CCC2(COP(=O)(OC(C)(C)C)OC(C)(C)C)COC(C)=N2)cc1C(F)(F)F. The van der Waals surface area contributed by atoms with E-state index in [1.807, 2.05) is 19.1 Å². The van der Waals surface area contributed by atoms with Crippen LogP contribution in [0.5, 0.6) is 5.75 Å². The molecule has 1 aromatic carbocycles. The number of benzene rings is 1. The largest absolute Gasteiger partial charge is 0.493 e. The molecule has 0 saturated heterocycles. The smallest absolute Gasteiger partial charge is 0.475 e. The van der Waals surface area contributed by atoms with E-state index in [9.17, 15) is 17.7 Å². The van der Waals surface area contributed by atoms with Gasteiger partial charge in [0.05, 0.1) is 30.0 Å². The fourth-order valence-electron chi connectivity index (χ4n) is 3.98. The third-order valence-electron chi connectivity index (χ3n) is 5.61. The topological polar surface area (TPSA) is 75.6 Å². The average molecular weight is 592 g/mol. The first-order valence-electron chi connectivity index (χ1n) is 13.7. The van der Waals surface area contributed by atoms with Gasteiger partial charge in [-0.2, -0.15) is 13.2 Å². The molecule has 1 aliphatic rings. The summed E-state index contributed by atoms with van der Waals surface area (Å²) in [6, 6.07) is 4.10. The number of halogens is 3. The Kier molecular flexibility index (Phi) is 11.9. The fourth-order valence-corrected chi connectivity index (χ4v) is 5.86. The molecule has 2 rings (SSSR count). The third-order valence-corrected chi connectivity index (χ3v) is 7.60. The number of unbranched alkanes of at least 4 members (excludes halogenated alkanes) is 1. The zero-order chi connectivity index (χ0) is 30.2. The minimum absolute atomic E-state index is 0.129. The number of alkyl halides is 3. The molecule has 0 amide bonds. The monoisotopic (exact) mass is 591 g/mol. The van der Waals surface area contributed by atoms with Crippen molar-refractivity contribution >= 4 is 13.7 Å². The van der Waals surface area contributed by atoms with E-state index in [1.165, 1.54) is 6.07 Å². The summed E-state index contributed by atoms with van der Waals surface area (Å²) in [5.41, 5.74) is -2.96. The van der Waals surface area contributed by atoms with Crippen LogP contribution in [0.25, 0.3) is 0 Å². The molecule has 1 aliphatic heterocycles. The molecule has 228 valence electrons. The van der Waals surface area contributed by atoms with Gasteiger partial charge in [-0.15, -0.1) is 0 Å². The first-order chi connectivity index (χ1) is 18.4. The number of rotatable bonds is 14. The number of nitrogens with zero attached hydrogens (tertiary/aromatic N) is 1.